The molecule has 12 heavy (non-hydrogen) atoms. The molecule has 0 fully saturated rings. The van der Waals surface area contributed by atoms with E-state index in [1.807, 2.05) is 19.1 Å². The number of nitrogens with zero attached hydrogens (tertiary/aromatic N) is 1. The first kappa shape index (κ1) is 9.00. The molecule has 0 radical (unpaired) electrons. The molecule has 0 unspecified atom stereocenters. The summed E-state index contributed by atoms with van der Waals surface area (Å²) in [5.41, 5.74) is 6.69. The van der Waals surface area contributed by atoms with Crippen LogP contribution in [0.1, 0.15) is 25.1 Å². The Labute approximate surface area is 72.6 Å². The number of nitrogens with two attached hydrogens (primary N) is 1. The van der Waals surface area contributed by atoms with Gasteiger partial charge in [0.25, 0.3) is 0 Å². The van der Waals surface area contributed by atoms with Crippen LogP contribution in [0.4, 0.5) is 0 Å². The fraction of sp³-hybridized carbons (Fsp3) is 0.444. The van der Waals surface area contributed by atoms with Crippen LogP contribution in [-0.2, 0) is 0 Å². The summed E-state index contributed by atoms with van der Waals surface area (Å²) in [4.78, 5) is 4.15. The van der Waals surface area contributed by atoms with Gasteiger partial charge in [0.1, 0.15) is 5.75 Å². The van der Waals surface area contributed by atoms with Crippen molar-refractivity contribution in [2.24, 2.45) is 5.73 Å². The molecule has 3 nitrogen and oxygen atoms in total. The average Bonchev–Trinajstić information content (AvgIpc) is 2.17. The maximum absolute atomic E-state index is 5.80. The number of ether oxygens (including phenoxy) is 1. The van der Waals surface area contributed by atoms with Gasteiger partial charge in [0, 0.05) is 18.3 Å². The fourth-order valence-corrected chi connectivity index (χ4v) is 0.967. The second-order valence-electron chi connectivity index (χ2n) is 2.64. The predicted molar refractivity (Wildman–Crippen MR) is 48.0 cm³/mol. The molecular formula is C9H14N2O. The lowest BCUT2D eigenvalue weighted by atomic mass is 10.1. The van der Waals surface area contributed by atoms with Crippen molar-refractivity contribution in [2.45, 2.75) is 19.4 Å². The van der Waals surface area contributed by atoms with Gasteiger partial charge >= 0.3 is 0 Å². The van der Waals surface area contributed by atoms with Crippen LogP contribution in [0, 0.1) is 0 Å². The zero-order chi connectivity index (χ0) is 8.97. The molecule has 1 aromatic heterocycles. The first-order chi connectivity index (χ1) is 5.77. The highest BCUT2D eigenvalue weighted by molar-refractivity contribution is 5.23. The molecule has 0 spiro atoms. The Morgan fingerprint density at radius 2 is 2.42 bits per heavy atom. The number of hydrogen-bond donors (Lipinski definition) is 1. The SMILES string of the molecule is CC[C@@H](N)c1cc(OC)ccn1. The Kier molecular flexibility index (Phi) is 3.05. The quantitative estimate of drug-likeness (QED) is 0.740. The van der Waals surface area contributed by atoms with Gasteiger partial charge in [-0.2, -0.15) is 0 Å². The Bertz CT molecular complexity index is 250. The lowest BCUT2D eigenvalue weighted by Crippen LogP contribution is -2.10. The van der Waals surface area contributed by atoms with E-state index in [2.05, 4.69) is 4.98 Å². The molecule has 1 rings (SSSR count). The molecule has 3 heteroatoms. The van der Waals surface area contributed by atoms with E-state index in [1.165, 1.54) is 0 Å². The van der Waals surface area contributed by atoms with Crippen molar-refractivity contribution in [1.29, 1.82) is 0 Å². The highest BCUT2D eigenvalue weighted by atomic mass is 16.5. The van der Waals surface area contributed by atoms with Crippen LogP contribution in [0.25, 0.3) is 0 Å². The zero-order valence-corrected chi connectivity index (χ0v) is 7.45. The van der Waals surface area contributed by atoms with E-state index in [0.29, 0.717) is 0 Å². The van der Waals surface area contributed by atoms with Crippen molar-refractivity contribution in [3.05, 3.63) is 24.0 Å². The van der Waals surface area contributed by atoms with Gasteiger partial charge in [0.05, 0.1) is 12.8 Å². The van der Waals surface area contributed by atoms with E-state index in [0.717, 1.165) is 17.9 Å². The third-order valence-corrected chi connectivity index (χ3v) is 1.81. The van der Waals surface area contributed by atoms with Crippen LogP contribution >= 0.6 is 0 Å². The molecule has 1 atom stereocenters. The number of pyridine rings is 1. The molecule has 0 aliphatic carbocycles. The van der Waals surface area contributed by atoms with Crippen LogP contribution in [0.5, 0.6) is 5.75 Å². The number of aromatic nitrogens is 1. The van der Waals surface area contributed by atoms with Gasteiger partial charge in [-0.25, -0.2) is 0 Å². The number of hydrogen-bond acceptors (Lipinski definition) is 3. The van der Waals surface area contributed by atoms with E-state index in [-0.39, 0.29) is 6.04 Å². The lowest BCUT2D eigenvalue weighted by molar-refractivity contribution is 0.412. The molecule has 0 aliphatic heterocycles. The topological polar surface area (TPSA) is 48.1 Å². The maximum Gasteiger partial charge on any atom is 0.122 e. The third-order valence-electron chi connectivity index (χ3n) is 1.81. The van der Waals surface area contributed by atoms with Gasteiger partial charge in [-0.3, -0.25) is 4.98 Å². The van der Waals surface area contributed by atoms with Crippen LogP contribution in [-0.4, -0.2) is 12.1 Å². The van der Waals surface area contributed by atoms with Gasteiger partial charge in [-0.05, 0) is 12.5 Å². The molecular weight excluding hydrogens is 152 g/mol. The van der Waals surface area contributed by atoms with Crippen molar-refractivity contribution >= 4 is 0 Å². The summed E-state index contributed by atoms with van der Waals surface area (Å²) < 4.78 is 5.05. The van der Waals surface area contributed by atoms with E-state index < -0.39 is 0 Å². The van der Waals surface area contributed by atoms with E-state index in [4.69, 9.17) is 10.5 Å². The molecule has 0 bridgehead atoms. The normalized spacial score (nSPS) is 12.6. The summed E-state index contributed by atoms with van der Waals surface area (Å²) >= 11 is 0. The predicted octanol–water partition coefficient (Wildman–Crippen LogP) is 1.50. The van der Waals surface area contributed by atoms with E-state index in [9.17, 15) is 0 Å². The summed E-state index contributed by atoms with van der Waals surface area (Å²) in [6.07, 6.45) is 2.60. The Morgan fingerprint density at radius 1 is 1.67 bits per heavy atom. The molecule has 0 aromatic carbocycles. The number of methoxy groups -OCH3 is 1. The second kappa shape index (κ2) is 4.07. The van der Waals surface area contributed by atoms with Crippen molar-refractivity contribution < 1.29 is 4.74 Å². The molecule has 2 N–H and O–H groups in total. The third kappa shape index (κ3) is 1.95. The summed E-state index contributed by atoms with van der Waals surface area (Å²) in [5.74, 6) is 0.809. The molecule has 0 saturated heterocycles. The first-order valence-electron chi connectivity index (χ1n) is 4.03. The summed E-state index contributed by atoms with van der Waals surface area (Å²) in [6.45, 7) is 2.03. The minimum Gasteiger partial charge on any atom is -0.497 e. The molecule has 0 saturated carbocycles. The lowest BCUT2D eigenvalue weighted by Gasteiger charge is -2.08. The smallest absolute Gasteiger partial charge is 0.122 e. The Balaban J connectivity index is 2.86. The molecule has 66 valence electrons. The van der Waals surface area contributed by atoms with Crippen molar-refractivity contribution in [3.8, 4) is 5.75 Å². The molecule has 1 aromatic rings. The van der Waals surface area contributed by atoms with E-state index >= 15 is 0 Å². The summed E-state index contributed by atoms with van der Waals surface area (Å²) in [6, 6.07) is 3.69. The largest absolute Gasteiger partial charge is 0.497 e. The molecule has 1 heterocycles. The van der Waals surface area contributed by atoms with E-state index in [1.54, 1.807) is 13.3 Å². The summed E-state index contributed by atoms with van der Waals surface area (Å²) in [5, 5.41) is 0. The average molecular weight is 166 g/mol. The molecule has 0 aliphatic rings. The maximum atomic E-state index is 5.80. The Morgan fingerprint density at radius 3 is 3.00 bits per heavy atom. The zero-order valence-electron chi connectivity index (χ0n) is 7.45. The van der Waals surface area contributed by atoms with Crippen molar-refractivity contribution in [2.75, 3.05) is 7.11 Å². The van der Waals surface area contributed by atoms with Crippen molar-refractivity contribution in [1.82, 2.24) is 4.98 Å². The van der Waals surface area contributed by atoms with Crippen LogP contribution in [0.15, 0.2) is 18.3 Å². The van der Waals surface area contributed by atoms with Crippen molar-refractivity contribution in [3.63, 3.8) is 0 Å². The number of rotatable bonds is 3. The van der Waals surface area contributed by atoms with Gasteiger partial charge in [0.15, 0.2) is 0 Å². The molecule has 0 amide bonds. The Hall–Kier alpha value is -1.09. The van der Waals surface area contributed by atoms with Gasteiger partial charge < -0.3 is 10.5 Å². The van der Waals surface area contributed by atoms with Gasteiger partial charge in [-0.15, -0.1) is 0 Å². The van der Waals surface area contributed by atoms with Gasteiger partial charge in [0.2, 0.25) is 0 Å². The highest BCUT2D eigenvalue weighted by Crippen LogP contribution is 2.16. The minimum absolute atomic E-state index is 0.0140. The standard InChI is InChI=1S/C9H14N2O/c1-3-8(10)9-6-7(12-2)4-5-11-9/h4-6,8H,3,10H2,1-2H3/t8-/m1/s1. The second-order valence-corrected chi connectivity index (χ2v) is 2.64. The first-order valence-corrected chi connectivity index (χ1v) is 4.03. The van der Waals surface area contributed by atoms with Gasteiger partial charge in [-0.1, -0.05) is 6.92 Å². The fourth-order valence-electron chi connectivity index (χ4n) is 0.967. The monoisotopic (exact) mass is 166 g/mol. The minimum atomic E-state index is 0.0140. The van der Waals surface area contributed by atoms with Crippen LogP contribution < -0.4 is 10.5 Å². The summed E-state index contributed by atoms with van der Waals surface area (Å²) in [7, 11) is 1.64. The highest BCUT2D eigenvalue weighted by Gasteiger charge is 2.04. The van der Waals surface area contributed by atoms with Crippen LogP contribution in [0.2, 0.25) is 0 Å². The van der Waals surface area contributed by atoms with Crippen LogP contribution in [0.3, 0.4) is 0 Å².